The van der Waals surface area contributed by atoms with Crippen LogP contribution in [0, 0.1) is 5.92 Å². The molecule has 2 nitrogen and oxygen atoms in total. The van der Waals surface area contributed by atoms with Crippen molar-refractivity contribution in [2.75, 3.05) is 19.5 Å². The molecule has 0 radical (unpaired) electrons. The summed E-state index contributed by atoms with van der Waals surface area (Å²) < 4.78 is 25.7. The summed E-state index contributed by atoms with van der Waals surface area (Å²) in [7, 11) is 1.66. The molecule has 0 aromatic heterocycles. The predicted octanol–water partition coefficient (Wildman–Crippen LogP) is 2.51. The van der Waals surface area contributed by atoms with Crippen LogP contribution in [0.25, 0.3) is 0 Å². The molecule has 1 fully saturated rings. The van der Waals surface area contributed by atoms with E-state index in [4.69, 9.17) is 11.6 Å². The maximum absolute atomic E-state index is 12.8. The van der Waals surface area contributed by atoms with Crippen molar-refractivity contribution in [1.29, 1.82) is 0 Å². The summed E-state index contributed by atoms with van der Waals surface area (Å²) in [6.07, 6.45) is 0.243. The van der Waals surface area contributed by atoms with E-state index < -0.39 is 5.92 Å². The SMILES string of the molecule is CN(CCCl)C(=O)C1CCC(F)(F)CC1. The Morgan fingerprint density at radius 3 is 2.47 bits per heavy atom. The fourth-order valence-corrected chi connectivity index (χ4v) is 2.09. The molecule has 88 valence electrons. The third-order valence-electron chi connectivity index (χ3n) is 2.86. The summed E-state index contributed by atoms with van der Waals surface area (Å²) in [6, 6.07) is 0. The summed E-state index contributed by atoms with van der Waals surface area (Å²) in [4.78, 5) is 13.3. The van der Waals surface area contributed by atoms with Crippen LogP contribution in [0.3, 0.4) is 0 Å². The quantitative estimate of drug-likeness (QED) is 0.693. The highest BCUT2D eigenvalue weighted by atomic mass is 35.5. The van der Waals surface area contributed by atoms with Gasteiger partial charge in [0.15, 0.2) is 0 Å². The van der Waals surface area contributed by atoms with E-state index in [9.17, 15) is 13.6 Å². The molecule has 5 heteroatoms. The van der Waals surface area contributed by atoms with Gasteiger partial charge in [-0.05, 0) is 12.8 Å². The van der Waals surface area contributed by atoms with E-state index in [1.54, 1.807) is 7.05 Å². The molecular weight excluding hydrogens is 224 g/mol. The largest absolute Gasteiger partial charge is 0.344 e. The van der Waals surface area contributed by atoms with E-state index in [-0.39, 0.29) is 24.7 Å². The highest BCUT2D eigenvalue weighted by molar-refractivity contribution is 6.18. The zero-order chi connectivity index (χ0) is 11.5. The first-order chi connectivity index (χ1) is 6.96. The molecule has 0 heterocycles. The molecule has 1 saturated carbocycles. The van der Waals surface area contributed by atoms with E-state index in [1.165, 1.54) is 4.90 Å². The molecule has 15 heavy (non-hydrogen) atoms. The number of nitrogens with zero attached hydrogens (tertiary/aromatic N) is 1. The molecule has 0 unspecified atom stereocenters. The number of alkyl halides is 3. The van der Waals surface area contributed by atoms with Gasteiger partial charge in [-0.1, -0.05) is 0 Å². The smallest absolute Gasteiger partial charge is 0.248 e. The van der Waals surface area contributed by atoms with Crippen LogP contribution in [0.5, 0.6) is 0 Å². The standard InChI is InChI=1S/C10H16ClF2NO/c1-14(7-6-11)9(15)8-2-4-10(12,13)5-3-8/h8H,2-7H2,1H3. The van der Waals surface area contributed by atoms with Crippen molar-refractivity contribution in [1.82, 2.24) is 4.90 Å². The molecule has 0 aliphatic heterocycles. The van der Waals surface area contributed by atoms with Gasteiger partial charge in [0.25, 0.3) is 0 Å². The van der Waals surface area contributed by atoms with Gasteiger partial charge in [-0.15, -0.1) is 11.6 Å². The molecule has 0 atom stereocenters. The number of hydrogen-bond donors (Lipinski definition) is 0. The predicted molar refractivity (Wildman–Crippen MR) is 55.3 cm³/mol. The lowest BCUT2D eigenvalue weighted by molar-refractivity contribution is -0.138. The molecule has 0 saturated heterocycles. The lowest BCUT2D eigenvalue weighted by atomic mass is 9.86. The van der Waals surface area contributed by atoms with E-state index in [1.807, 2.05) is 0 Å². The topological polar surface area (TPSA) is 20.3 Å². The van der Waals surface area contributed by atoms with E-state index >= 15 is 0 Å². The summed E-state index contributed by atoms with van der Waals surface area (Å²) in [5.74, 6) is -2.48. The number of rotatable bonds is 3. The molecule has 0 aromatic rings. The zero-order valence-electron chi connectivity index (χ0n) is 8.81. The zero-order valence-corrected chi connectivity index (χ0v) is 9.57. The van der Waals surface area contributed by atoms with Crippen LogP contribution in [-0.2, 0) is 4.79 Å². The molecule has 1 rings (SSSR count). The summed E-state index contributed by atoms with van der Waals surface area (Å²) in [6.45, 7) is 0.479. The number of halogens is 3. The van der Waals surface area contributed by atoms with Crippen molar-refractivity contribution in [3.63, 3.8) is 0 Å². The number of carbonyl (C=O) groups is 1. The van der Waals surface area contributed by atoms with Crippen molar-refractivity contribution in [2.45, 2.75) is 31.6 Å². The third kappa shape index (κ3) is 3.59. The Morgan fingerprint density at radius 1 is 1.47 bits per heavy atom. The first-order valence-corrected chi connectivity index (χ1v) is 5.68. The molecule has 0 N–H and O–H groups in total. The van der Waals surface area contributed by atoms with E-state index in [0.717, 1.165) is 0 Å². The van der Waals surface area contributed by atoms with Gasteiger partial charge in [0.05, 0.1) is 0 Å². The number of amides is 1. The average Bonchev–Trinajstić information content (AvgIpc) is 2.17. The molecule has 0 aromatic carbocycles. The van der Waals surface area contributed by atoms with Crippen molar-refractivity contribution < 1.29 is 13.6 Å². The van der Waals surface area contributed by atoms with Crippen LogP contribution in [-0.4, -0.2) is 36.2 Å². The van der Waals surface area contributed by atoms with Crippen molar-refractivity contribution in [3.05, 3.63) is 0 Å². The normalized spacial score (nSPS) is 21.3. The second kappa shape index (κ2) is 5.10. The van der Waals surface area contributed by atoms with Crippen LogP contribution in [0.15, 0.2) is 0 Å². The number of carbonyl (C=O) groups excluding carboxylic acids is 1. The molecule has 0 spiro atoms. The maximum Gasteiger partial charge on any atom is 0.248 e. The van der Waals surface area contributed by atoms with Gasteiger partial charge < -0.3 is 4.90 Å². The number of hydrogen-bond acceptors (Lipinski definition) is 1. The first kappa shape index (κ1) is 12.7. The summed E-state index contributed by atoms with van der Waals surface area (Å²) in [5.41, 5.74) is 0. The lowest BCUT2D eigenvalue weighted by Crippen LogP contribution is -2.38. The highest BCUT2D eigenvalue weighted by Gasteiger charge is 2.37. The monoisotopic (exact) mass is 239 g/mol. The second-order valence-electron chi connectivity index (χ2n) is 4.08. The van der Waals surface area contributed by atoms with Crippen LogP contribution < -0.4 is 0 Å². The van der Waals surface area contributed by atoms with Gasteiger partial charge in [-0.25, -0.2) is 8.78 Å². The van der Waals surface area contributed by atoms with E-state index in [2.05, 4.69) is 0 Å². The Hall–Kier alpha value is -0.380. The van der Waals surface area contributed by atoms with Crippen LogP contribution in [0.1, 0.15) is 25.7 Å². The van der Waals surface area contributed by atoms with E-state index in [0.29, 0.717) is 25.3 Å². The van der Waals surface area contributed by atoms with Gasteiger partial charge in [0.2, 0.25) is 11.8 Å². The Bertz CT molecular complexity index is 225. The first-order valence-electron chi connectivity index (χ1n) is 5.15. The van der Waals surface area contributed by atoms with Crippen LogP contribution in [0.2, 0.25) is 0 Å². The highest BCUT2D eigenvalue weighted by Crippen LogP contribution is 2.36. The minimum atomic E-state index is -2.57. The fourth-order valence-electron chi connectivity index (χ4n) is 1.84. The summed E-state index contributed by atoms with van der Waals surface area (Å²) in [5, 5.41) is 0. The van der Waals surface area contributed by atoms with Crippen molar-refractivity contribution in [2.24, 2.45) is 5.92 Å². The third-order valence-corrected chi connectivity index (χ3v) is 3.03. The molecule has 1 aliphatic carbocycles. The van der Waals surface area contributed by atoms with Crippen LogP contribution >= 0.6 is 11.6 Å². The minimum absolute atomic E-state index is 0.0499. The average molecular weight is 240 g/mol. The lowest BCUT2D eigenvalue weighted by Gasteiger charge is -2.30. The van der Waals surface area contributed by atoms with Gasteiger partial charge in [-0.2, -0.15) is 0 Å². The van der Waals surface area contributed by atoms with Crippen molar-refractivity contribution in [3.8, 4) is 0 Å². The Balaban J connectivity index is 2.42. The summed E-state index contributed by atoms with van der Waals surface area (Å²) >= 11 is 5.51. The minimum Gasteiger partial charge on any atom is -0.344 e. The maximum atomic E-state index is 12.8. The molecule has 0 bridgehead atoms. The van der Waals surface area contributed by atoms with Crippen molar-refractivity contribution >= 4 is 17.5 Å². The second-order valence-corrected chi connectivity index (χ2v) is 4.46. The Morgan fingerprint density at radius 2 is 2.00 bits per heavy atom. The van der Waals surface area contributed by atoms with Gasteiger partial charge in [0, 0.05) is 38.2 Å². The fraction of sp³-hybridized carbons (Fsp3) is 0.900. The van der Waals surface area contributed by atoms with Gasteiger partial charge in [0.1, 0.15) is 0 Å². The Labute approximate surface area is 93.6 Å². The Kier molecular flexibility index (Phi) is 4.32. The molecule has 1 aliphatic rings. The van der Waals surface area contributed by atoms with Gasteiger partial charge >= 0.3 is 0 Å². The molecule has 1 amide bonds. The van der Waals surface area contributed by atoms with Crippen LogP contribution in [0.4, 0.5) is 8.78 Å². The molecular formula is C10H16ClF2NO. The van der Waals surface area contributed by atoms with Gasteiger partial charge in [-0.3, -0.25) is 4.79 Å².